The number of carboxylic acid groups (broad SMARTS) is 1. The molecule has 0 unspecified atom stereocenters. The molecule has 164 valence electrons. The molecule has 0 aliphatic carbocycles. The lowest BCUT2D eigenvalue weighted by molar-refractivity contribution is -0.152. The van der Waals surface area contributed by atoms with Gasteiger partial charge in [0.25, 0.3) is 0 Å². The van der Waals surface area contributed by atoms with Crippen LogP contribution in [0.15, 0.2) is 48.6 Å². The lowest BCUT2D eigenvalue weighted by Gasteiger charge is -2.00. The normalized spacial score (nSPS) is 11.3. The Bertz CT molecular complexity index is 509. The van der Waals surface area contributed by atoms with Crippen molar-refractivity contribution in [2.24, 2.45) is 0 Å². The Morgan fingerprint density at radius 1 is 0.690 bits per heavy atom. The van der Waals surface area contributed by atoms with Crippen LogP contribution in [0.1, 0.15) is 85.0 Å². The maximum absolute atomic E-state index is 10.9. The van der Waals surface area contributed by atoms with Crippen molar-refractivity contribution >= 4 is 17.9 Å². The molecule has 29 heavy (non-hydrogen) atoms. The summed E-state index contributed by atoms with van der Waals surface area (Å²) >= 11 is 0. The Morgan fingerprint density at radius 2 is 1.10 bits per heavy atom. The number of hydrogen-bond acceptors (Lipinski definition) is 4. The third-order valence-corrected chi connectivity index (χ3v) is 3.77. The average molecular weight is 407 g/mol. The molecule has 0 amide bonds. The predicted octanol–water partition coefficient (Wildman–Crippen LogP) is 6.31. The zero-order chi connectivity index (χ0) is 22.2. The minimum atomic E-state index is -0.678. The lowest BCUT2D eigenvalue weighted by atomic mass is 10.1. The summed E-state index contributed by atoms with van der Waals surface area (Å²) in [5.41, 5.74) is 0. The summed E-state index contributed by atoms with van der Waals surface area (Å²) in [5, 5.41) is 8.41. The molecule has 0 aromatic heterocycles. The van der Waals surface area contributed by atoms with Gasteiger partial charge >= 0.3 is 17.9 Å². The highest BCUT2D eigenvalue weighted by Gasteiger charge is 2.01. The monoisotopic (exact) mass is 406 g/mol. The van der Waals surface area contributed by atoms with Gasteiger partial charge in [0.15, 0.2) is 0 Å². The fourth-order valence-corrected chi connectivity index (χ4v) is 2.24. The van der Waals surface area contributed by atoms with E-state index >= 15 is 0 Å². The highest BCUT2D eigenvalue weighted by atomic mass is 16.6. The topological polar surface area (TPSA) is 80.7 Å². The minimum absolute atomic E-state index is 0.343. The van der Waals surface area contributed by atoms with Crippen molar-refractivity contribution in [2.45, 2.75) is 85.0 Å². The first-order valence-electron chi connectivity index (χ1n) is 10.5. The van der Waals surface area contributed by atoms with Crippen LogP contribution in [0.4, 0.5) is 0 Å². The number of ether oxygens (including phenoxy) is 1. The number of hydrogen-bond donors (Lipinski definition) is 1. The van der Waals surface area contributed by atoms with E-state index in [1.807, 2.05) is 13.8 Å². The molecule has 0 aromatic carbocycles. The van der Waals surface area contributed by atoms with Gasteiger partial charge in [-0.15, -0.1) is 0 Å². The van der Waals surface area contributed by atoms with Gasteiger partial charge in [0.05, 0.1) is 0 Å². The first-order valence-corrected chi connectivity index (χ1v) is 10.5. The van der Waals surface area contributed by atoms with Crippen molar-refractivity contribution in [3.05, 3.63) is 48.6 Å². The molecular formula is C24H38O5. The number of rotatable bonds is 14. The largest absolute Gasteiger partial charge is 0.481 e. The molecule has 0 saturated carbocycles. The van der Waals surface area contributed by atoms with Gasteiger partial charge in [0, 0.05) is 18.6 Å². The molecule has 0 aromatic rings. The van der Waals surface area contributed by atoms with Gasteiger partial charge in [-0.1, -0.05) is 94.7 Å². The van der Waals surface area contributed by atoms with Crippen molar-refractivity contribution in [2.75, 3.05) is 0 Å². The fourth-order valence-electron chi connectivity index (χ4n) is 2.24. The SMILES string of the molecule is CC=CC=CC(=O)OC(=O)/C=C/C=C/C.CCCCCCCCCCCC(=O)O. The van der Waals surface area contributed by atoms with Crippen molar-refractivity contribution in [1.82, 2.24) is 0 Å². The highest BCUT2D eigenvalue weighted by molar-refractivity contribution is 5.96. The summed E-state index contributed by atoms with van der Waals surface area (Å²) in [6.07, 6.45) is 23.7. The van der Waals surface area contributed by atoms with E-state index in [1.54, 1.807) is 24.3 Å². The van der Waals surface area contributed by atoms with E-state index in [9.17, 15) is 14.4 Å². The number of aliphatic carboxylic acids is 1. The summed E-state index contributed by atoms with van der Waals surface area (Å²) in [4.78, 5) is 32.1. The van der Waals surface area contributed by atoms with E-state index in [2.05, 4.69) is 11.7 Å². The molecule has 0 heterocycles. The Labute approximate surface area is 176 Å². The fraction of sp³-hybridized carbons (Fsp3) is 0.542. The molecule has 0 fully saturated rings. The molecule has 5 heteroatoms. The molecule has 0 saturated heterocycles. The number of carbonyl (C=O) groups excluding carboxylic acids is 2. The third-order valence-electron chi connectivity index (χ3n) is 3.77. The second-order valence-electron chi connectivity index (χ2n) is 6.48. The average Bonchev–Trinajstić information content (AvgIpc) is 2.67. The third kappa shape index (κ3) is 27.9. The van der Waals surface area contributed by atoms with Gasteiger partial charge in [-0.25, -0.2) is 9.59 Å². The first-order chi connectivity index (χ1) is 14.0. The maximum Gasteiger partial charge on any atom is 0.338 e. The molecule has 0 bridgehead atoms. The van der Waals surface area contributed by atoms with Crippen molar-refractivity contribution in [3.63, 3.8) is 0 Å². The van der Waals surface area contributed by atoms with Crippen LogP contribution in [0.25, 0.3) is 0 Å². The van der Waals surface area contributed by atoms with Crippen LogP contribution in [-0.4, -0.2) is 23.0 Å². The summed E-state index contributed by atoms with van der Waals surface area (Å²) in [6.45, 7) is 5.87. The highest BCUT2D eigenvalue weighted by Crippen LogP contribution is 2.10. The Morgan fingerprint density at radius 3 is 1.48 bits per heavy atom. The van der Waals surface area contributed by atoms with Gasteiger partial charge in [-0.05, 0) is 20.3 Å². The minimum Gasteiger partial charge on any atom is -0.481 e. The van der Waals surface area contributed by atoms with Crippen LogP contribution < -0.4 is 0 Å². The van der Waals surface area contributed by atoms with Gasteiger partial charge in [0.1, 0.15) is 0 Å². The molecule has 0 radical (unpaired) electrons. The quantitative estimate of drug-likeness (QED) is 0.120. The molecule has 0 aliphatic heterocycles. The van der Waals surface area contributed by atoms with Crippen LogP contribution in [0.2, 0.25) is 0 Å². The molecule has 0 aliphatic rings. The number of carboxylic acids is 1. The Kier molecular flexibility index (Phi) is 23.4. The van der Waals surface area contributed by atoms with Gasteiger partial charge in [-0.3, -0.25) is 4.79 Å². The zero-order valence-electron chi connectivity index (χ0n) is 18.3. The van der Waals surface area contributed by atoms with Gasteiger partial charge in [0.2, 0.25) is 0 Å². The van der Waals surface area contributed by atoms with Crippen LogP contribution in [-0.2, 0) is 19.1 Å². The van der Waals surface area contributed by atoms with Crippen LogP contribution >= 0.6 is 0 Å². The molecular weight excluding hydrogens is 368 g/mol. The van der Waals surface area contributed by atoms with Crippen LogP contribution in [0, 0.1) is 0 Å². The molecule has 1 N–H and O–H groups in total. The Balaban J connectivity index is 0. The summed E-state index contributed by atoms with van der Waals surface area (Å²) in [7, 11) is 0. The number of unbranched alkanes of at least 4 members (excludes halogenated alkanes) is 8. The molecule has 0 rings (SSSR count). The van der Waals surface area contributed by atoms with E-state index in [-0.39, 0.29) is 0 Å². The number of allylic oxidation sites excluding steroid dienone is 6. The van der Waals surface area contributed by atoms with E-state index in [0.29, 0.717) is 6.42 Å². The van der Waals surface area contributed by atoms with E-state index in [1.165, 1.54) is 69.2 Å². The van der Waals surface area contributed by atoms with Crippen LogP contribution in [0.5, 0.6) is 0 Å². The number of carbonyl (C=O) groups is 3. The molecule has 5 nitrogen and oxygen atoms in total. The predicted molar refractivity (Wildman–Crippen MR) is 118 cm³/mol. The van der Waals surface area contributed by atoms with Crippen molar-refractivity contribution in [3.8, 4) is 0 Å². The molecule has 0 spiro atoms. The zero-order valence-corrected chi connectivity index (χ0v) is 18.3. The summed E-state index contributed by atoms with van der Waals surface area (Å²) in [6, 6.07) is 0. The summed E-state index contributed by atoms with van der Waals surface area (Å²) < 4.78 is 4.42. The molecule has 0 atom stereocenters. The summed E-state index contributed by atoms with van der Waals surface area (Å²) in [5.74, 6) is -2.01. The van der Waals surface area contributed by atoms with E-state index < -0.39 is 17.9 Å². The first kappa shape index (κ1) is 28.8. The second kappa shape index (κ2) is 23.6. The standard InChI is InChI=1S/C12H14O3.C12H24O2/c1-3-5-7-9-11(13)15-12(14)10-8-6-4-2;1-2-3-4-5-6-7-8-9-10-11-12(13)14/h3-10H,1-2H3;2-11H2,1H3,(H,13,14)/b5-3+,6-4?,9-7+,10-8?;. The van der Waals surface area contributed by atoms with E-state index in [0.717, 1.165) is 12.8 Å². The lowest BCUT2D eigenvalue weighted by Crippen LogP contribution is -2.06. The van der Waals surface area contributed by atoms with Gasteiger partial charge < -0.3 is 9.84 Å². The Hall–Kier alpha value is -2.43. The number of esters is 2. The van der Waals surface area contributed by atoms with Crippen LogP contribution in [0.3, 0.4) is 0 Å². The second-order valence-corrected chi connectivity index (χ2v) is 6.48. The van der Waals surface area contributed by atoms with Crippen molar-refractivity contribution < 1.29 is 24.2 Å². The van der Waals surface area contributed by atoms with E-state index in [4.69, 9.17) is 5.11 Å². The van der Waals surface area contributed by atoms with Crippen molar-refractivity contribution in [1.29, 1.82) is 0 Å². The smallest absolute Gasteiger partial charge is 0.338 e. The van der Waals surface area contributed by atoms with Gasteiger partial charge in [-0.2, -0.15) is 0 Å². The maximum atomic E-state index is 10.9.